The molecule has 0 aliphatic carbocycles. The molecule has 0 saturated heterocycles. The predicted octanol–water partition coefficient (Wildman–Crippen LogP) is 3.47. The largest absolute Gasteiger partial charge is 0.508 e. The van der Waals surface area contributed by atoms with E-state index in [0.29, 0.717) is 11.1 Å². The van der Waals surface area contributed by atoms with E-state index in [2.05, 4.69) is 0 Å². The minimum Gasteiger partial charge on any atom is -0.508 e. The normalized spacial score (nSPS) is 11.7. The van der Waals surface area contributed by atoms with Gasteiger partial charge in [-0.25, -0.2) is 8.42 Å². The summed E-state index contributed by atoms with van der Waals surface area (Å²) in [5, 5.41) is 20.2. The van der Waals surface area contributed by atoms with E-state index >= 15 is 0 Å². The smallest absolute Gasteiger partial charge is 0.210 e. The van der Waals surface area contributed by atoms with E-state index in [1.807, 2.05) is 6.92 Å². The molecular weight excluding hydrogens is 300 g/mol. The Bertz CT molecular complexity index is 865. The molecule has 0 atom stereocenters. The van der Waals surface area contributed by atoms with Crippen molar-refractivity contribution < 1.29 is 18.6 Å². The van der Waals surface area contributed by atoms with Crippen LogP contribution in [0, 0.1) is 34.6 Å². The van der Waals surface area contributed by atoms with Crippen molar-refractivity contribution in [1.29, 1.82) is 0 Å². The molecule has 0 aliphatic rings. The van der Waals surface area contributed by atoms with Gasteiger partial charge in [0.25, 0.3) is 0 Å². The van der Waals surface area contributed by atoms with Crippen LogP contribution in [0.25, 0.3) is 0 Å². The number of aryl methyl sites for hydroxylation is 2. The van der Waals surface area contributed by atoms with Gasteiger partial charge in [-0.15, -0.1) is 0 Å². The fraction of sp³-hybridized carbons (Fsp3) is 0.294. The first kappa shape index (κ1) is 16.4. The van der Waals surface area contributed by atoms with E-state index in [1.54, 1.807) is 27.7 Å². The second kappa shape index (κ2) is 5.32. The Morgan fingerprint density at radius 2 is 1.36 bits per heavy atom. The van der Waals surface area contributed by atoms with Gasteiger partial charge in [0, 0.05) is 5.56 Å². The number of hydrogen-bond acceptors (Lipinski definition) is 4. The van der Waals surface area contributed by atoms with Crippen molar-refractivity contribution in [3.8, 4) is 11.5 Å². The molecule has 0 amide bonds. The van der Waals surface area contributed by atoms with Gasteiger partial charge in [-0.2, -0.15) is 0 Å². The van der Waals surface area contributed by atoms with Crippen LogP contribution in [0.3, 0.4) is 0 Å². The second-order valence-electron chi connectivity index (χ2n) is 5.70. The predicted molar refractivity (Wildman–Crippen MR) is 85.4 cm³/mol. The number of sulfone groups is 1. The van der Waals surface area contributed by atoms with E-state index in [1.165, 1.54) is 18.2 Å². The van der Waals surface area contributed by atoms with Crippen molar-refractivity contribution in [2.75, 3.05) is 0 Å². The average molecular weight is 320 g/mol. The van der Waals surface area contributed by atoms with E-state index in [4.69, 9.17) is 0 Å². The molecule has 0 spiro atoms. The SMILES string of the molecule is Cc1cc(O)c(C)c(S(=O)(=O)c2cc(C)c(C)c(C)c2O)c1. The monoisotopic (exact) mass is 320 g/mol. The minimum atomic E-state index is -3.92. The van der Waals surface area contributed by atoms with Gasteiger partial charge in [0.2, 0.25) is 9.84 Å². The van der Waals surface area contributed by atoms with Crippen molar-refractivity contribution in [2.45, 2.75) is 44.4 Å². The van der Waals surface area contributed by atoms with Crippen molar-refractivity contribution in [1.82, 2.24) is 0 Å². The Kier molecular flexibility index (Phi) is 3.96. The van der Waals surface area contributed by atoms with Gasteiger partial charge < -0.3 is 10.2 Å². The van der Waals surface area contributed by atoms with E-state index in [0.717, 1.165) is 11.1 Å². The van der Waals surface area contributed by atoms with Crippen molar-refractivity contribution >= 4 is 9.84 Å². The molecule has 22 heavy (non-hydrogen) atoms. The molecule has 4 nitrogen and oxygen atoms in total. The standard InChI is InChI=1S/C17H20O4S/c1-9-6-14(18)13(5)15(7-9)22(20,21)16-8-10(2)11(3)12(4)17(16)19/h6-8,18-19H,1-5H3. The molecule has 5 heteroatoms. The molecular formula is C17H20O4S. The van der Waals surface area contributed by atoms with Crippen molar-refractivity contribution in [2.24, 2.45) is 0 Å². The maximum atomic E-state index is 12.9. The number of phenolic OH excluding ortho intramolecular Hbond substituents is 2. The molecule has 118 valence electrons. The highest BCUT2D eigenvalue weighted by molar-refractivity contribution is 7.91. The maximum absolute atomic E-state index is 12.9. The highest BCUT2D eigenvalue weighted by Crippen LogP contribution is 2.37. The van der Waals surface area contributed by atoms with Gasteiger partial charge in [0.05, 0.1) is 4.90 Å². The summed E-state index contributed by atoms with van der Waals surface area (Å²) in [4.78, 5) is -0.107. The molecule has 2 aromatic rings. The summed E-state index contributed by atoms with van der Waals surface area (Å²) in [7, 11) is -3.92. The Morgan fingerprint density at radius 3 is 1.95 bits per heavy atom. The van der Waals surface area contributed by atoms with Gasteiger partial charge in [-0.1, -0.05) is 0 Å². The molecule has 0 saturated carbocycles. The Hall–Kier alpha value is -2.01. The molecule has 0 aliphatic heterocycles. The zero-order valence-corrected chi connectivity index (χ0v) is 14.2. The van der Waals surface area contributed by atoms with Crippen LogP contribution in [0.4, 0.5) is 0 Å². The van der Waals surface area contributed by atoms with Crippen LogP contribution in [0.15, 0.2) is 28.0 Å². The summed E-state index contributed by atoms with van der Waals surface area (Å²) in [5.74, 6) is -0.304. The van der Waals surface area contributed by atoms with E-state index < -0.39 is 9.84 Å². The zero-order valence-electron chi connectivity index (χ0n) is 13.4. The van der Waals surface area contributed by atoms with Gasteiger partial charge in [0.1, 0.15) is 16.4 Å². The fourth-order valence-electron chi connectivity index (χ4n) is 2.44. The molecule has 0 heterocycles. The van der Waals surface area contributed by atoms with Crippen molar-refractivity contribution in [3.63, 3.8) is 0 Å². The minimum absolute atomic E-state index is 0.0166. The summed E-state index contributed by atoms with van der Waals surface area (Å²) in [6.07, 6.45) is 0. The topological polar surface area (TPSA) is 74.6 Å². The van der Waals surface area contributed by atoms with E-state index in [9.17, 15) is 18.6 Å². The number of benzene rings is 2. The molecule has 0 fully saturated rings. The van der Waals surface area contributed by atoms with Crippen LogP contribution in [0.1, 0.15) is 27.8 Å². The van der Waals surface area contributed by atoms with Crippen LogP contribution in [-0.4, -0.2) is 18.6 Å². The molecule has 2 N–H and O–H groups in total. The lowest BCUT2D eigenvalue weighted by atomic mass is 10.0. The Labute approximate surface area is 131 Å². The highest BCUT2D eigenvalue weighted by Gasteiger charge is 2.27. The lowest BCUT2D eigenvalue weighted by Gasteiger charge is -2.15. The maximum Gasteiger partial charge on any atom is 0.210 e. The number of hydrogen-bond donors (Lipinski definition) is 2. The summed E-state index contributed by atoms with van der Waals surface area (Å²) in [5.41, 5.74) is 3.12. The van der Waals surface area contributed by atoms with Crippen LogP contribution >= 0.6 is 0 Å². The second-order valence-corrected chi connectivity index (χ2v) is 7.59. The van der Waals surface area contributed by atoms with Crippen LogP contribution in [0.5, 0.6) is 11.5 Å². The Balaban J connectivity index is 2.83. The first-order valence-electron chi connectivity index (χ1n) is 6.92. The molecule has 0 radical (unpaired) electrons. The van der Waals surface area contributed by atoms with Crippen molar-refractivity contribution in [3.05, 3.63) is 46.0 Å². The third-order valence-electron chi connectivity index (χ3n) is 4.15. The van der Waals surface area contributed by atoms with E-state index in [-0.39, 0.29) is 26.9 Å². The third kappa shape index (κ3) is 2.46. The summed E-state index contributed by atoms with van der Waals surface area (Å²) in [6, 6.07) is 4.50. The number of rotatable bonds is 2. The van der Waals surface area contributed by atoms with Gasteiger partial charge in [-0.05, 0) is 75.1 Å². The first-order valence-corrected chi connectivity index (χ1v) is 8.40. The molecule has 2 rings (SSSR count). The Morgan fingerprint density at radius 1 is 0.773 bits per heavy atom. The quantitative estimate of drug-likeness (QED) is 0.888. The van der Waals surface area contributed by atoms with Crippen LogP contribution in [0.2, 0.25) is 0 Å². The number of aromatic hydroxyl groups is 2. The number of phenols is 2. The van der Waals surface area contributed by atoms with Gasteiger partial charge in [0.15, 0.2) is 0 Å². The summed E-state index contributed by atoms with van der Waals surface area (Å²) in [6.45, 7) is 8.60. The lowest BCUT2D eigenvalue weighted by Crippen LogP contribution is -2.07. The van der Waals surface area contributed by atoms with Crippen LogP contribution in [-0.2, 0) is 9.84 Å². The molecule has 0 aromatic heterocycles. The molecule has 0 bridgehead atoms. The molecule has 0 unspecified atom stereocenters. The first-order chi connectivity index (χ1) is 10.1. The zero-order chi connectivity index (χ0) is 16.8. The van der Waals surface area contributed by atoms with Gasteiger partial charge in [-0.3, -0.25) is 0 Å². The van der Waals surface area contributed by atoms with Gasteiger partial charge >= 0.3 is 0 Å². The third-order valence-corrected chi connectivity index (χ3v) is 6.04. The average Bonchev–Trinajstić information content (AvgIpc) is 2.44. The molecule has 2 aromatic carbocycles. The lowest BCUT2D eigenvalue weighted by molar-refractivity contribution is 0.452. The summed E-state index contributed by atoms with van der Waals surface area (Å²) < 4.78 is 25.8. The highest BCUT2D eigenvalue weighted by atomic mass is 32.2. The van der Waals surface area contributed by atoms with Crippen LogP contribution < -0.4 is 0 Å². The fourth-order valence-corrected chi connectivity index (χ4v) is 4.27. The summed E-state index contributed by atoms with van der Waals surface area (Å²) >= 11 is 0.